The monoisotopic (exact) mass is 314 g/mol. The first-order chi connectivity index (χ1) is 9.31. The lowest BCUT2D eigenvalue weighted by molar-refractivity contribution is 0.601. The molecule has 0 saturated heterocycles. The van der Waals surface area contributed by atoms with E-state index in [4.69, 9.17) is 17.3 Å². The molecule has 0 atom stereocenters. The lowest BCUT2D eigenvalue weighted by atomic mass is 10.2. The summed E-state index contributed by atoms with van der Waals surface area (Å²) in [5.74, 6) is -0.492. The van der Waals surface area contributed by atoms with E-state index in [9.17, 15) is 12.8 Å². The maximum Gasteiger partial charge on any atom is 0.263 e. The van der Waals surface area contributed by atoms with Crippen LogP contribution in [0.5, 0.6) is 0 Å². The Labute approximate surface area is 121 Å². The fraction of sp³-hybridized carbons (Fsp3) is 0.0769. The molecule has 0 saturated carbocycles. The van der Waals surface area contributed by atoms with E-state index in [-0.39, 0.29) is 21.2 Å². The average molecular weight is 315 g/mol. The van der Waals surface area contributed by atoms with Gasteiger partial charge in [-0.05, 0) is 37.3 Å². The van der Waals surface area contributed by atoms with Gasteiger partial charge in [-0.25, -0.2) is 12.8 Å². The van der Waals surface area contributed by atoms with E-state index in [1.165, 1.54) is 43.3 Å². The summed E-state index contributed by atoms with van der Waals surface area (Å²) in [6.07, 6.45) is 0. The van der Waals surface area contributed by atoms with E-state index in [0.717, 1.165) is 0 Å². The van der Waals surface area contributed by atoms with Crippen LogP contribution < -0.4 is 10.5 Å². The molecule has 0 aliphatic rings. The molecule has 0 spiro atoms. The van der Waals surface area contributed by atoms with Gasteiger partial charge in [0.05, 0.1) is 10.7 Å². The van der Waals surface area contributed by atoms with Crippen molar-refractivity contribution < 1.29 is 12.8 Å². The van der Waals surface area contributed by atoms with Gasteiger partial charge in [-0.3, -0.25) is 4.72 Å². The molecular weight excluding hydrogens is 303 g/mol. The molecule has 4 nitrogen and oxygen atoms in total. The summed E-state index contributed by atoms with van der Waals surface area (Å²) in [6.45, 7) is 1.48. The fourth-order valence-corrected chi connectivity index (χ4v) is 3.33. The first-order valence-electron chi connectivity index (χ1n) is 5.64. The van der Waals surface area contributed by atoms with Crippen LogP contribution in [0.3, 0.4) is 0 Å². The number of nitrogens with two attached hydrogens (primary N) is 1. The summed E-state index contributed by atoms with van der Waals surface area (Å²) < 4.78 is 40.2. The molecule has 0 unspecified atom stereocenters. The summed E-state index contributed by atoms with van der Waals surface area (Å²) in [4.78, 5) is -0.114. The Hall–Kier alpha value is -1.79. The highest BCUT2D eigenvalue weighted by Gasteiger charge is 2.19. The molecule has 2 rings (SSSR count). The van der Waals surface area contributed by atoms with Crippen LogP contribution in [0.1, 0.15) is 5.56 Å². The predicted octanol–water partition coefficient (Wildman–Crippen LogP) is 3.17. The van der Waals surface area contributed by atoms with Crippen LogP contribution in [0.2, 0.25) is 5.02 Å². The van der Waals surface area contributed by atoms with Gasteiger partial charge < -0.3 is 5.73 Å². The largest absolute Gasteiger partial charge is 0.399 e. The normalized spacial score (nSPS) is 11.3. The molecule has 0 amide bonds. The molecule has 0 aliphatic carbocycles. The van der Waals surface area contributed by atoms with Gasteiger partial charge >= 0.3 is 0 Å². The predicted molar refractivity (Wildman–Crippen MR) is 77.8 cm³/mol. The van der Waals surface area contributed by atoms with Crippen molar-refractivity contribution in [3.8, 4) is 0 Å². The minimum absolute atomic E-state index is 0.00607. The molecule has 0 radical (unpaired) electrons. The summed E-state index contributed by atoms with van der Waals surface area (Å²) in [5, 5.41) is 0.00607. The number of anilines is 2. The maximum absolute atomic E-state index is 13.4. The highest BCUT2D eigenvalue weighted by atomic mass is 35.5. The Morgan fingerprint density at radius 3 is 2.60 bits per heavy atom. The first kappa shape index (κ1) is 14.6. The number of hydrogen-bond donors (Lipinski definition) is 2. The number of benzene rings is 2. The fourth-order valence-electron chi connectivity index (χ4n) is 1.65. The van der Waals surface area contributed by atoms with E-state index in [0.29, 0.717) is 5.69 Å². The number of halogens is 2. The number of rotatable bonds is 3. The SMILES string of the molecule is Cc1c(F)cccc1NS(=O)(=O)c1ccc(N)cc1Cl. The van der Waals surface area contributed by atoms with Crippen molar-refractivity contribution in [1.29, 1.82) is 0 Å². The van der Waals surface area contributed by atoms with Gasteiger partial charge in [0.2, 0.25) is 0 Å². The highest BCUT2D eigenvalue weighted by Crippen LogP contribution is 2.27. The summed E-state index contributed by atoms with van der Waals surface area (Å²) in [5.41, 5.74) is 6.25. The van der Waals surface area contributed by atoms with Crippen LogP contribution in [-0.2, 0) is 10.0 Å². The molecular formula is C13H12ClFN2O2S. The lowest BCUT2D eigenvalue weighted by Crippen LogP contribution is -2.14. The van der Waals surface area contributed by atoms with Crippen LogP contribution in [0.25, 0.3) is 0 Å². The number of hydrogen-bond acceptors (Lipinski definition) is 3. The van der Waals surface area contributed by atoms with Crippen LogP contribution in [0.15, 0.2) is 41.3 Å². The Bertz CT molecular complexity index is 763. The van der Waals surface area contributed by atoms with Crippen molar-refractivity contribution in [2.45, 2.75) is 11.8 Å². The van der Waals surface area contributed by atoms with Crippen LogP contribution in [0, 0.1) is 12.7 Å². The summed E-state index contributed by atoms with van der Waals surface area (Å²) in [7, 11) is -3.90. The van der Waals surface area contributed by atoms with E-state index in [1.54, 1.807) is 0 Å². The van der Waals surface area contributed by atoms with Crippen molar-refractivity contribution >= 4 is 33.0 Å². The quantitative estimate of drug-likeness (QED) is 0.855. The Kier molecular flexibility index (Phi) is 3.87. The zero-order chi connectivity index (χ0) is 14.9. The van der Waals surface area contributed by atoms with E-state index in [2.05, 4.69) is 4.72 Å². The zero-order valence-electron chi connectivity index (χ0n) is 10.5. The molecule has 0 heterocycles. The first-order valence-corrected chi connectivity index (χ1v) is 7.50. The second kappa shape index (κ2) is 5.30. The molecule has 3 N–H and O–H groups in total. The molecule has 2 aromatic carbocycles. The van der Waals surface area contributed by atoms with E-state index in [1.807, 2.05) is 0 Å². The second-order valence-corrected chi connectivity index (χ2v) is 6.27. The van der Waals surface area contributed by atoms with Crippen LogP contribution >= 0.6 is 11.6 Å². The lowest BCUT2D eigenvalue weighted by Gasteiger charge is -2.12. The van der Waals surface area contributed by atoms with Gasteiger partial charge in [0.25, 0.3) is 10.0 Å². The Morgan fingerprint density at radius 2 is 1.95 bits per heavy atom. The van der Waals surface area contributed by atoms with Crippen LogP contribution in [0.4, 0.5) is 15.8 Å². The molecule has 0 aromatic heterocycles. The molecule has 0 bridgehead atoms. The molecule has 7 heteroatoms. The summed E-state index contributed by atoms with van der Waals surface area (Å²) in [6, 6.07) is 8.22. The van der Waals surface area contributed by atoms with Gasteiger partial charge in [-0.1, -0.05) is 17.7 Å². The van der Waals surface area contributed by atoms with Crippen molar-refractivity contribution in [3.05, 3.63) is 52.8 Å². The molecule has 0 fully saturated rings. The van der Waals surface area contributed by atoms with Gasteiger partial charge in [0.1, 0.15) is 10.7 Å². The topological polar surface area (TPSA) is 72.2 Å². The third kappa shape index (κ3) is 2.86. The molecule has 20 heavy (non-hydrogen) atoms. The van der Waals surface area contributed by atoms with Gasteiger partial charge in [-0.2, -0.15) is 0 Å². The zero-order valence-corrected chi connectivity index (χ0v) is 12.1. The van der Waals surface area contributed by atoms with Gasteiger partial charge in [0.15, 0.2) is 0 Å². The molecule has 2 aromatic rings. The van der Waals surface area contributed by atoms with Crippen molar-refractivity contribution in [2.24, 2.45) is 0 Å². The third-order valence-electron chi connectivity index (χ3n) is 2.76. The minimum Gasteiger partial charge on any atom is -0.399 e. The number of sulfonamides is 1. The number of nitrogens with one attached hydrogen (secondary N) is 1. The Balaban J connectivity index is 2.44. The summed E-state index contributed by atoms with van der Waals surface area (Å²) >= 11 is 5.88. The van der Waals surface area contributed by atoms with Crippen molar-refractivity contribution in [3.63, 3.8) is 0 Å². The van der Waals surface area contributed by atoms with Crippen molar-refractivity contribution in [1.82, 2.24) is 0 Å². The highest BCUT2D eigenvalue weighted by molar-refractivity contribution is 7.92. The van der Waals surface area contributed by atoms with Gasteiger partial charge in [0, 0.05) is 11.3 Å². The minimum atomic E-state index is -3.90. The third-order valence-corrected chi connectivity index (χ3v) is 4.61. The smallest absolute Gasteiger partial charge is 0.263 e. The Morgan fingerprint density at radius 1 is 1.25 bits per heavy atom. The average Bonchev–Trinajstić information content (AvgIpc) is 2.34. The standard InChI is InChI=1S/C13H12ClFN2O2S/c1-8-11(15)3-2-4-12(8)17-20(18,19)13-6-5-9(16)7-10(13)14/h2-7,17H,16H2,1H3. The van der Waals surface area contributed by atoms with Crippen molar-refractivity contribution in [2.75, 3.05) is 10.5 Å². The number of nitrogen functional groups attached to an aromatic ring is 1. The maximum atomic E-state index is 13.4. The van der Waals surface area contributed by atoms with Gasteiger partial charge in [-0.15, -0.1) is 0 Å². The molecule has 0 aliphatic heterocycles. The second-order valence-electron chi connectivity index (χ2n) is 4.21. The van der Waals surface area contributed by atoms with E-state index < -0.39 is 15.8 Å². The van der Waals surface area contributed by atoms with E-state index >= 15 is 0 Å². The van der Waals surface area contributed by atoms with Crippen LogP contribution in [-0.4, -0.2) is 8.42 Å². The molecule has 106 valence electrons.